The van der Waals surface area contributed by atoms with Gasteiger partial charge in [0.25, 0.3) is 5.91 Å². The van der Waals surface area contributed by atoms with E-state index in [0.717, 1.165) is 4.31 Å². The molecule has 0 spiro atoms. The van der Waals surface area contributed by atoms with Crippen molar-refractivity contribution in [1.82, 2.24) is 9.29 Å². The van der Waals surface area contributed by atoms with Crippen LogP contribution in [0.2, 0.25) is 0 Å². The summed E-state index contributed by atoms with van der Waals surface area (Å²) >= 11 is 0. The van der Waals surface area contributed by atoms with E-state index in [0.29, 0.717) is 28.1 Å². The fraction of sp³-hybridized carbons (Fsp3) is 0.333. The highest BCUT2D eigenvalue weighted by atomic mass is 32.2. The van der Waals surface area contributed by atoms with E-state index < -0.39 is 21.9 Å². The predicted octanol–water partition coefficient (Wildman–Crippen LogP) is 2.23. The van der Waals surface area contributed by atoms with Crippen molar-refractivity contribution >= 4 is 27.6 Å². The van der Waals surface area contributed by atoms with Crippen LogP contribution >= 0.6 is 0 Å². The average Bonchev–Trinajstić information content (AvgIpc) is 2.90. The lowest BCUT2D eigenvalue weighted by Gasteiger charge is -2.15. The fourth-order valence-corrected chi connectivity index (χ4v) is 3.88. The number of amides is 1. The highest BCUT2D eigenvalue weighted by Crippen LogP contribution is 2.24. The molecule has 1 aromatic carbocycles. The van der Waals surface area contributed by atoms with Crippen LogP contribution in [0.15, 0.2) is 23.1 Å². The molecule has 2 rings (SSSR count). The molecule has 8 nitrogen and oxygen atoms in total. The van der Waals surface area contributed by atoms with Crippen molar-refractivity contribution in [3.05, 3.63) is 46.3 Å². The van der Waals surface area contributed by atoms with Gasteiger partial charge in [0.15, 0.2) is 0 Å². The number of methoxy groups -OCH3 is 1. The number of nitrogens with one attached hydrogen (secondary N) is 2. The Morgan fingerprint density at radius 2 is 1.78 bits per heavy atom. The Kier molecular flexibility index (Phi) is 5.76. The zero-order valence-corrected chi connectivity index (χ0v) is 16.9. The molecule has 1 amide bonds. The molecule has 0 atom stereocenters. The van der Waals surface area contributed by atoms with Crippen LogP contribution in [0.5, 0.6) is 0 Å². The smallest absolute Gasteiger partial charge is 0.339 e. The summed E-state index contributed by atoms with van der Waals surface area (Å²) in [6, 6.07) is 4.65. The molecule has 0 saturated heterocycles. The molecule has 146 valence electrons. The maximum atomic E-state index is 12.6. The zero-order chi connectivity index (χ0) is 20.5. The van der Waals surface area contributed by atoms with E-state index in [1.54, 1.807) is 32.9 Å². The quantitative estimate of drug-likeness (QED) is 0.757. The minimum Gasteiger partial charge on any atom is -0.465 e. The summed E-state index contributed by atoms with van der Waals surface area (Å²) in [4.78, 5) is 27.5. The third-order valence-electron chi connectivity index (χ3n) is 4.26. The summed E-state index contributed by atoms with van der Waals surface area (Å²) in [6.45, 7) is 4.99. The number of H-pyrrole nitrogens is 1. The van der Waals surface area contributed by atoms with Gasteiger partial charge in [-0.25, -0.2) is 17.5 Å². The Morgan fingerprint density at radius 3 is 2.33 bits per heavy atom. The van der Waals surface area contributed by atoms with Gasteiger partial charge in [0.1, 0.15) is 5.69 Å². The van der Waals surface area contributed by atoms with Gasteiger partial charge in [-0.15, -0.1) is 0 Å². The number of anilines is 1. The average molecular weight is 393 g/mol. The van der Waals surface area contributed by atoms with Crippen LogP contribution in [0.3, 0.4) is 0 Å². The molecular weight excluding hydrogens is 370 g/mol. The molecule has 1 heterocycles. The maximum Gasteiger partial charge on any atom is 0.339 e. The van der Waals surface area contributed by atoms with E-state index >= 15 is 0 Å². The van der Waals surface area contributed by atoms with Gasteiger partial charge in [-0.1, -0.05) is 6.07 Å². The molecule has 0 radical (unpaired) electrons. The molecule has 9 heteroatoms. The van der Waals surface area contributed by atoms with Crippen LogP contribution in [-0.4, -0.2) is 50.8 Å². The summed E-state index contributed by atoms with van der Waals surface area (Å²) < 4.78 is 30.7. The van der Waals surface area contributed by atoms with Crippen LogP contribution in [0.4, 0.5) is 5.69 Å². The van der Waals surface area contributed by atoms with Gasteiger partial charge in [-0.3, -0.25) is 4.79 Å². The fourth-order valence-electron chi connectivity index (χ4n) is 2.73. The molecular formula is C18H23N3O5S. The first kappa shape index (κ1) is 20.7. The number of aromatic amines is 1. The molecule has 0 aliphatic heterocycles. The number of carbonyl (C=O) groups is 2. The van der Waals surface area contributed by atoms with Gasteiger partial charge in [-0.2, -0.15) is 0 Å². The Labute approximate surface area is 158 Å². The van der Waals surface area contributed by atoms with Crippen molar-refractivity contribution in [2.24, 2.45) is 0 Å². The first-order valence-electron chi connectivity index (χ1n) is 8.12. The van der Waals surface area contributed by atoms with Gasteiger partial charge in [0.05, 0.1) is 17.6 Å². The first-order valence-corrected chi connectivity index (χ1v) is 9.56. The Morgan fingerprint density at radius 1 is 1.15 bits per heavy atom. The lowest BCUT2D eigenvalue weighted by Crippen LogP contribution is -2.23. The van der Waals surface area contributed by atoms with Crippen LogP contribution in [0.1, 0.15) is 37.7 Å². The number of carbonyl (C=O) groups excluding carboxylic acids is 2. The SMILES string of the molecule is COC(=O)c1c(C)[nH]c(C(=O)Nc2ccc(C)c(S(=O)(=O)N(C)C)c2)c1C. The number of nitrogens with zero attached hydrogens (tertiary/aromatic N) is 1. The molecule has 0 aliphatic carbocycles. The molecule has 0 aliphatic rings. The van der Waals surface area contributed by atoms with Crippen molar-refractivity contribution in [3.63, 3.8) is 0 Å². The summed E-state index contributed by atoms with van der Waals surface area (Å²) in [7, 11) is 0.516. The lowest BCUT2D eigenvalue weighted by molar-refractivity contribution is 0.0599. The van der Waals surface area contributed by atoms with Gasteiger partial charge in [0.2, 0.25) is 10.0 Å². The number of sulfonamides is 1. The molecule has 0 bridgehead atoms. The summed E-state index contributed by atoms with van der Waals surface area (Å²) in [6.07, 6.45) is 0. The minimum atomic E-state index is -3.64. The second-order valence-electron chi connectivity index (χ2n) is 6.34. The van der Waals surface area contributed by atoms with E-state index in [2.05, 4.69) is 10.3 Å². The zero-order valence-electron chi connectivity index (χ0n) is 16.1. The van der Waals surface area contributed by atoms with E-state index in [4.69, 9.17) is 4.74 Å². The number of esters is 1. The molecule has 2 N–H and O–H groups in total. The Balaban J connectivity index is 2.39. The van der Waals surface area contributed by atoms with Crippen molar-refractivity contribution < 1.29 is 22.7 Å². The van der Waals surface area contributed by atoms with Crippen molar-refractivity contribution in [1.29, 1.82) is 0 Å². The van der Waals surface area contributed by atoms with Gasteiger partial charge in [0, 0.05) is 25.5 Å². The number of hydrogen-bond donors (Lipinski definition) is 2. The lowest BCUT2D eigenvalue weighted by atomic mass is 10.1. The van der Waals surface area contributed by atoms with Crippen LogP contribution in [0, 0.1) is 20.8 Å². The molecule has 0 fully saturated rings. The third kappa shape index (κ3) is 3.88. The number of hydrogen-bond acceptors (Lipinski definition) is 5. The molecule has 0 unspecified atom stereocenters. The van der Waals surface area contributed by atoms with E-state index in [1.165, 1.54) is 27.3 Å². The monoisotopic (exact) mass is 393 g/mol. The standard InChI is InChI=1S/C18H23N3O5S/c1-10-7-8-13(9-14(10)27(24,25)21(4)5)20-17(22)16-11(2)15(12(3)19-16)18(23)26-6/h7-9,19H,1-6H3,(H,20,22). The van der Waals surface area contributed by atoms with E-state index in [-0.39, 0.29) is 10.6 Å². The van der Waals surface area contributed by atoms with Crippen molar-refractivity contribution in [2.45, 2.75) is 25.7 Å². The molecule has 0 saturated carbocycles. The second kappa shape index (κ2) is 7.53. The molecule has 1 aromatic heterocycles. The highest BCUT2D eigenvalue weighted by molar-refractivity contribution is 7.89. The normalized spacial score (nSPS) is 11.5. The van der Waals surface area contributed by atoms with Crippen LogP contribution in [-0.2, 0) is 14.8 Å². The Bertz CT molecular complexity index is 1010. The first-order chi connectivity index (χ1) is 12.5. The van der Waals surface area contributed by atoms with E-state index in [9.17, 15) is 18.0 Å². The van der Waals surface area contributed by atoms with Crippen LogP contribution in [0.25, 0.3) is 0 Å². The minimum absolute atomic E-state index is 0.111. The maximum absolute atomic E-state index is 12.6. The van der Waals surface area contributed by atoms with Crippen molar-refractivity contribution in [3.8, 4) is 0 Å². The predicted molar refractivity (Wildman–Crippen MR) is 102 cm³/mol. The number of rotatable bonds is 5. The van der Waals surface area contributed by atoms with Crippen LogP contribution < -0.4 is 5.32 Å². The number of aryl methyl sites for hydroxylation is 2. The number of benzene rings is 1. The summed E-state index contributed by atoms with van der Waals surface area (Å²) in [5.74, 6) is -1.02. The number of aromatic nitrogens is 1. The van der Waals surface area contributed by atoms with Crippen molar-refractivity contribution in [2.75, 3.05) is 26.5 Å². The topological polar surface area (TPSA) is 109 Å². The molecule has 2 aromatic rings. The third-order valence-corrected chi connectivity index (χ3v) is 6.22. The summed E-state index contributed by atoms with van der Waals surface area (Å²) in [5.41, 5.74) is 2.40. The van der Waals surface area contributed by atoms with Gasteiger partial charge < -0.3 is 15.0 Å². The van der Waals surface area contributed by atoms with E-state index in [1.807, 2.05) is 0 Å². The van der Waals surface area contributed by atoms with Gasteiger partial charge in [-0.05, 0) is 44.0 Å². The number of ether oxygens (including phenoxy) is 1. The largest absolute Gasteiger partial charge is 0.465 e. The summed E-state index contributed by atoms with van der Waals surface area (Å²) in [5, 5.41) is 2.67. The second-order valence-corrected chi connectivity index (χ2v) is 8.46. The molecule has 27 heavy (non-hydrogen) atoms. The van der Waals surface area contributed by atoms with Gasteiger partial charge >= 0.3 is 5.97 Å². The Hall–Kier alpha value is -2.65. The highest BCUT2D eigenvalue weighted by Gasteiger charge is 2.24.